The summed E-state index contributed by atoms with van der Waals surface area (Å²) in [6.07, 6.45) is 0.719. The van der Waals surface area contributed by atoms with Crippen LogP contribution in [0.15, 0.2) is 29.6 Å². The van der Waals surface area contributed by atoms with Gasteiger partial charge in [-0.15, -0.1) is 0 Å². The number of fused-ring (bicyclic) bond motifs is 1. The lowest BCUT2D eigenvalue weighted by Gasteiger charge is -2.15. The smallest absolute Gasteiger partial charge is 0.129 e. The van der Waals surface area contributed by atoms with Crippen LogP contribution in [0.1, 0.15) is 24.8 Å². The average Bonchev–Trinajstić information content (AvgIpc) is 2.82. The minimum atomic E-state index is -0.428. The zero-order valence-electron chi connectivity index (χ0n) is 9.63. The Hall–Kier alpha value is -1.58. The molecule has 1 fully saturated rings. The Kier molecular flexibility index (Phi) is 2.31. The van der Waals surface area contributed by atoms with Crippen LogP contribution in [0.3, 0.4) is 0 Å². The first-order valence-electron chi connectivity index (χ1n) is 5.79. The van der Waals surface area contributed by atoms with Gasteiger partial charge in [-0.05, 0) is 25.5 Å². The van der Waals surface area contributed by atoms with Crippen LogP contribution in [0.2, 0.25) is 0 Å². The van der Waals surface area contributed by atoms with Crippen LogP contribution in [-0.2, 0) is 0 Å². The molecule has 0 aromatic heterocycles. The van der Waals surface area contributed by atoms with Gasteiger partial charge < -0.3 is 10.2 Å². The van der Waals surface area contributed by atoms with Crippen LogP contribution in [0, 0.1) is 11.6 Å². The van der Waals surface area contributed by atoms with Crippen LogP contribution in [0.5, 0.6) is 0 Å². The Bertz CT molecular complexity index is 476. The first-order valence-corrected chi connectivity index (χ1v) is 5.79. The van der Waals surface area contributed by atoms with Gasteiger partial charge in [-0.25, -0.2) is 8.78 Å². The third kappa shape index (κ3) is 1.59. The summed E-state index contributed by atoms with van der Waals surface area (Å²) in [5, 5.41) is 3.24. The molecule has 0 unspecified atom stereocenters. The summed E-state index contributed by atoms with van der Waals surface area (Å²) in [7, 11) is 0. The maximum Gasteiger partial charge on any atom is 0.129 e. The molecule has 90 valence electrons. The van der Waals surface area contributed by atoms with Crippen molar-refractivity contribution >= 4 is 0 Å². The lowest BCUT2D eigenvalue weighted by Crippen LogP contribution is -2.23. The normalized spacial score (nSPS) is 23.0. The zero-order chi connectivity index (χ0) is 12.0. The van der Waals surface area contributed by atoms with Gasteiger partial charge in [0.2, 0.25) is 0 Å². The van der Waals surface area contributed by atoms with E-state index in [2.05, 4.69) is 10.2 Å². The van der Waals surface area contributed by atoms with Crippen molar-refractivity contribution in [1.29, 1.82) is 0 Å². The summed E-state index contributed by atoms with van der Waals surface area (Å²) >= 11 is 0. The molecule has 17 heavy (non-hydrogen) atoms. The highest BCUT2D eigenvalue weighted by Crippen LogP contribution is 2.38. The molecule has 0 saturated carbocycles. The summed E-state index contributed by atoms with van der Waals surface area (Å²) in [4.78, 5) is 2.16. The Morgan fingerprint density at radius 1 is 1.29 bits per heavy atom. The fourth-order valence-corrected chi connectivity index (χ4v) is 2.76. The van der Waals surface area contributed by atoms with Crippen LogP contribution in [0.25, 0.3) is 0 Å². The van der Waals surface area contributed by atoms with Crippen LogP contribution < -0.4 is 5.32 Å². The average molecular weight is 236 g/mol. The quantitative estimate of drug-likeness (QED) is 0.806. The second-order valence-corrected chi connectivity index (χ2v) is 4.67. The molecule has 1 aromatic rings. The number of hydrogen-bond donors (Lipinski definition) is 1. The Labute approximate surface area is 98.9 Å². The van der Waals surface area contributed by atoms with Gasteiger partial charge in [0.25, 0.3) is 0 Å². The van der Waals surface area contributed by atoms with Gasteiger partial charge in [0, 0.05) is 29.4 Å². The third-order valence-corrected chi connectivity index (χ3v) is 3.64. The molecule has 0 aliphatic carbocycles. The minimum absolute atomic E-state index is 0.0664. The largest absolute Gasteiger partial charge is 0.370 e. The summed E-state index contributed by atoms with van der Waals surface area (Å²) < 4.78 is 27.4. The molecule has 1 N–H and O–H groups in total. The highest BCUT2D eigenvalue weighted by Gasteiger charge is 2.34. The lowest BCUT2D eigenvalue weighted by molar-refractivity contribution is 0.393. The van der Waals surface area contributed by atoms with E-state index in [9.17, 15) is 8.78 Å². The third-order valence-electron chi connectivity index (χ3n) is 3.64. The van der Waals surface area contributed by atoms with Crippen LogP contribution >= 0.6 is 0 Å². The van der Waals surface area contributed by atoms with Crippen molar-refractivity contribution < 1.29 is 8.78 Å². The number of hydrogen-bond acceptors (Lipinski definition) is 2. The molecule has 3 rings (SSSR count). The van der Waals surface area contributed by atoms with Crippen molar-refractivity contribution in [3.8, 4) is 0 Å². The fourth-order valence-electron chi connectivity index (χ4n) is 2.76. The molecule has 1 saturated heterocycles. The van der Waals surface area contributed by atoms with E-state index in [1.165, 1.54) is 23.9 Å². The van der Waals surface area contributed by atoms with Gasteiger partial charge in [0.1, 0.15) is 11.6 Å². The molecule has 2 nitrogen and oxygen atoms in total. The van der Waals surface area contributed by atoms with E-state index in [0.29, 0.717) is 6.54 Å². The molecular weight excluding hydrogens is 222 g/mol. The molecule has 0 radical (unpaired) electrons. The van der Waals surface area contributed by atoms with Gasteiger partial charge in [-0.1, -0.05) is 6.07 Å². The Morgan fingerprint density at radius 3 is 2.65 bits per heavy atom. The first-order chi connectivity index (χ1) is 8.16. The maximum atomic E-state index is 13.7. The van der Waals surface area contributed by atoms with Crippen molar-refractivity contribution in [2.45, 2.75) is 19.3 Å². The molecule has 2 aliphatic rings. The van der Waals surface area contributed by atoms with Gasteiger partial charge in [-0.3, -0.25) is 0 Å². The molecule has 1 aromatic carbocycles. The standard InChI is InChI=1S/C13H14F2N2/c1-8-12-5-9(6-17(12)7-16-8)13-10(14)3-2-4-11(13)15/h2-4,9,16H,5-7H2,1H3/t9-/m1/s1. The zero-order valence-corrected chi connectivity index (χ0v) is 9.63. The topological polar surface area (TPSA) is 15.3 Å². The van der Waals surface area contributed by atoms with Gasteiger partial charge >= 0.3 is 0 Å². The lowest BCUT2D eigenvalue weighted by atomic mass is 9.96. The van der Waals surface area contributed by atoms with Crippen LogP contribution in [-0.4, -0.2) is 18.1 Å². The molecule has 1 atom stereocenters. The van der Waals surface area contributed by atoms with Crippen molar-refractivity contribution in [3.05, 3.63) is 46.8 Å². The molecule has 0 spiro atoms. The number of benzene rings is 1. The van der Waals surface area contributed by atoms with Gasteiger partial charge in [-0.2, -0.15) is 0 Å². The number of halogens is 2. The number of rotatable bonds is 1. The van der Waals surface area contributed by atoms with E-state index in [1.54, 1.807) is 0 Å². The van der Waals surface area contributed by atoms with Crippen molar-refractivity contribution in [3.63, 3.8) is 0 Å². The van der Waals surface area contributed by atoms with E-state index in [1.807, 2.05) is 6.92 Å². The first kappa shape index (κ1) is 10.6. The van der Waals surface area contributed by atoms with E-state index in [4.69, 9.17) is 0 Å². The Balaban J connectivity index is 1.95. The highest BCUT2D eigenvalue weighted by atomic mass is 19.1. The van der Waals surface area contributed by atoms with E-state index in [-0.39, 0.29) is 11.5 Å². The minimum Gasteiger partial charge on any atom is -0.370 e. The molecular formula is C13H14F2N2. The van der Waals surface area contributed by atoms with Crippen LogP contribution in [0.4, 0.5) is 8.78 Å². The van der Waals surface area contributed by atoms with Gasteiger partial charge in [0.15, 0.2) is 0 Å². The Morgan fingerprint density at radius 2 is 2.00 bits per heavy atom. The van der Waals surface area contributed by atoms with E-state index in [0.717, 1.165) is 18.8 Å². The molecule has 2 heterocycles. The maximum absolute atomic E-state index is 13.7. The van der Waals surface area contributed by atoms with E-state index < -0.39 is 11.6 Å². The van der Waals surface area contributed by atoms with Crippen molar-refractivity contribution in [1.82, 2.24) is 10.2 Å². The predicted octanol–water partition coefficient (Wildman–Crippen LogP) is 2.55. The molecule has 0 amide bonds. The van der Waals surface area contributed by atoms with E-state index >= 15 is 0 Å². The number of nitrogens with one attached hydrogen (secondary N) is 1. The summed E-state index contributed by atoms with van der Waals surface area (Å²) in [5.41, 5.74) is 2.56. The molecule has 0 bridgehead atoms. The molecule has 2 aliphatic heterocycles. The second-order valence-electron chi connectivity index (χ2n) is 4.67. The number of nitrogens with zero attached hydrogens (tertiary/aromatic N) is 1. The summed E-state index contributed by atoms with van der Waals surface area (Å²) in [5.74, 6) is -0.923. The van der Waals surface area contributed by atoms with Gasteiger partial charge in [0.05, 0.1) is 6.67 Å². The SMILES string of the molecule is CC1=C2C[C@@H](c3c(F)cccc3F)CN2CN1. The second kappa shape index (κ2) is 3.72. The number of allylic oxidation sites excluding steroid dienone is 2. The highest BCUT2D eigenvalue weighted by molar-refractivity contribution is 5.31. The summed E-state index contributed by atoms with van der Waals surface area (Å²) in [6.45, 7) is 3.46. The predicted molar refractivity (Wildman–Crippen MR) is 61.1 cm³/mol. The fraction of sp³-hybridized carbons (Fsp3) is 0.385. The monoisotopic (exact) mass is 236 g/mol. The van der Waals surface area contributed by atoms with Crippen molar-refractivity contribution in [2.24, 2.45) is 0 Å². The summed E-state index contributed by atoms with van der Waals surface area (Å²) in [6, 6.07) is 4.08. The van der Waals surface area contributed by atoms with Crippen molar-refractivity contribution in [2.75, 3.05) is 13.2 Å². The molecule has 4 heteroatoms.